The van der Waals surface area contributed by atoms with E-state index in [0.29, 0.717) is 17.4 Å². The van der Waals surface area contributed by atoms with E-state index in [1.54, 1.807) is 18.2 Å². The first-order valence-electron chi connectivity index (χ1n) is 6.05. The van der Waals surface area contributed by atoms with Crippen molar-refractivity contribution in [3.63, 3.8) is 0 Å². The number of thioether (sulfide) groups is 1. The van der Waals surface area contributed by atoms with E-state index in [-0.39, 0.29) is 11.7 Å². The second-order valence-corrected chi connectivity index (χ2v) is 7.01. The standard InChI is InChI=1S/C13H16INO2S/c14-9-4-5-12(16)11(7-9)13(17)15-8-10-3-1-2-6-18-10/h4-5,7,10,16H,1-3,6,8H2,(H,15,17). The molecule has 1 aromatic rings. The lowest BCUT2D eigenvalue weighted by Crippen LogP contribution is -2.32. The molecule has 2 N–H and O–H groups in total. The van der Waals surface area contributed by atoms with Gasteiger partial charge in [0.05, 0.1) is 5.56 Å². The van der Waals surface area contributed by atoms with Crippen molar-refractivity contribution in [3.8, 4) is 5.75 Å². The number of carbonyl (C=O) groups excluding carboxylic acids is 1. The van der Waals surface area contributed by atoms with E-state index in [2.05, 4.69) is 27.9 Å². The van der Waals surface area contributed by atoms with Crippen molar-refractivity contribution in [2.45, 2.75) is 24.5 Å². The summed E-state index contributed by atoms with van der Waals surface area (Å²) >= 11 is 4.06. The van der Waals surface area contributed by atoms with Gasteiger partial charge in [-0.25, -0.2) is 0 Å². The molecule has 5 heteroatoms. The fourth-order valence-corrected chi connectivity index (χ4v) is 3.69. The topological polar surface area (TPSA) is 49.3 Å². The molecular formula is C13H16INO2S. The molecule has 98 valence electrons. The minimum atomic E-state index is -0.183. The number of halogens is 1. The molecule has 1 heterocycles. The van der Waals surface area contributed by atoms with Crippen molar-refractivity contribution in [3.05, 3.63) is 27.3 Å². The molecular weight excluding hydrogens is 361 g/mol. The van der Waals surface area contributed by atoms with Gasteiger partial charge in [-0.2, -0.15) is 11.8 Å². The average molecular weight is 377 g/mol. The highest BCUT2D eigenvalue weighted by atomic mass is 127. The molecule has 1 aliphatic rings. The number of aromatic hydroxyl groups is 1. The molecule has 1 saturated heterocycles. The first kappa shape index (κ1) is 14.0. The van der Waals surface area contributed by atoms with E-state index in [1.807, 2.05) is 11.8 Å². The molecule has 1 unspecified atom stereocenters. The molecule has 0 saturated carbocycles. The largest absolute Gasteiger partial charge is 0.507 e. The maximum Gasteiger partial charge on any atom is 0.255 e. The lowest BCUT2D eigenvalue weighted by molar-refractivity contribution is 0.0950. The van der Waals surface area contributed by atoms with Gasteiger partial charge >= 0.3 is 0 Å². The summed E-state index contributed by atoms with van der Waals surface area (Å²) < 4.78 is 0.947. The molecule has 1 atom stereocenters. The molecule has 1 aliphatic heterocycles. The van der Waals surface area contributed by atoms with Crippen LogP contribution in [-0.2, 0) is 0 Å². The summed E-state index contributed by atoms with van der Waals surface area (Å²) in [6, 6.07) is 5.05. The minimum absolute atomic E-state index is 0.0456. The van der Waals surface area contributed by atoms with Gasteiger partial charge in [-0.05, 0) is 59.4 Å². The van der Waals surface area contributed by atoms with Crippen LogP contribution in [0, 0.1) is 3.57 Å². The molecule has 0 radical (unpaired) electrons. The molecule has 1 aromatic carbocycles. The van der Waals surface area contributed by atoms with Gasteiger partial charge in [0.15, 0.2) is 0 Å². The molecule has 2 rings (SSSR count). The Morgan fingerprint density at radius 3 is 3.06 bits per heavy atom. The number of amides is 1. The predicted octanol–water partition coefficient (Wildman–Crippen LogP) is 3.01. The lowest BCUT2D eigenvalue weighted by Gasteiger charge is -2.21. The van der Waals surface area contributed by atoms with Crippen molar-refractivity contribution in [2.24, 2.45) is 0 Å². The van der Waals surface area contributed by atoms with Crippen LogP contribution in [0.1, 0.15) is 29.6 Å². The lowest BCUT2D eigenvalue weighted by atomic mass is 10.1. The highest BCUT2D eigenvalue weighted by Crippen LogP contribution is 2.25. The SMILES string of the molecule is O=C(NCC1CCCCS1)c1cc(I)ccc1O. The Hall–Kier alpha value is -0.430. The maximum atomic E-state index is 12.0. The van der Waals surface area contributed by atoms with Crippen LogP contribution < -0.4 is 5.32 Å². The number of nitrogens with one attached hydrogen (secondary N) is 1. The zero-order valence-electron chi connectivity index (χ0n) is 9.99. The second kappa shape index (κ2) is 6.65. The van der Waals surface area contributed by atoms with Crippen LogP contribution in [0.5, 0.6) is 5.75 Å². The van der Waals surface area contributed by atoms with Crippen LogP contribution in [-0.4, -0.2) is 28.6 Å². The summed E-state index contributed by atoms with van der Waals surface area (Å²) in [4.78, 5) is 12.0. The molecule has 1 amide bonds. The second-order valence-electron chi connectivity index (χ2n) is 4.36. The zero-order chi connectivity index (χ0) is 13.0. The van der Waals surface area contributed by atoms with Crippen molar-refractivity contribution in [2.75, 3.05) is 12.3 Å². The number of carbonyl (C=O) groups is 1. The smallest absolute Gasteiger partial charge is 0.255 e. The first-order chi connectivity index (χ1) is 8.66. The fraction of sp³-hybridized carbons (Fsp3) is 0.462. The number of hydrogen-bond acceptors (Lipinski definition) is 3. The van der Waals surface area contributed by atoms with Gasteiger partial charge in [0.1, 0.15) is 5.75 Å². The molecule has 0 aromatic heterocycles. The molecule has 0 spiro atoms. The van der Waals surface area contributed by atoms with Gasteiger partial charge < -0.3 is 10.4 Å². The summed E-state index contributed by atoms with van der Waals surface area (Å²) in [5.74, 6) is 1.05. The van der Waals surface area contributed by atoms with Crippen LogP contribution >= 0.6 is 34.4 Å². The van der Waals surface area contributed by atoms with E-state index in [4.69, 9.17) is 0 Å². The van der Waals surface area contributed by atoms with E-state index in [1.165, 1.54) is 25.0 Å². The van der Waals surface area contributed by atoms with Crippen LogP contribution in [0.4, 0.5) is 0 Å². The number of phenolic OH excluding ortho intramolecular Hbond substituents is 1. The quantitative estimate of drug-likeness (QED) is 0.797. The maximum absolute atomic E-state index is 12.0. The third-order valence-electron chi connectivity index (χ3n) is 2.97. The van der Waals surface area contributed by atoms with Crippen molar-refractivity contribution in [1.29, 1.82) is 0 Å². The molecule has 1 fully saturated rings. The van der Waals surface area contributed by atoms with Crippen molar-refractivity contribution < 1.29 is 9.90 Å². The number of phenols is 1. The monoisotopic (exact) mass is 377 g/mol. The Morgan fingerprint density at radius 2 is 2.33 bits per heavy atom. The molecule has 0 aliphatic carbocycles. The van der Waals surface area contributed by atoms with Gasteiger partial charge in [-0.3, -0.25) is 4.79 Å². The Kier molecular flexibility index (Phi) is 5.17. The number of hydrogen-bond donors (Lipinski definition) is 2. The van der Waals surface area contributed by atoms with Gasteiger partial charge in [0.2, 0.25) is 0 Å². The van der Waals surface area contributed by atoms with Crippen LogP contribution in [0.3, 0.4) is 0 Å². The van der Waals surface area contributed by atoms with E-state index < -0.39 is 0 Å². The Bertz CT molecular complexity index is 433. The summed E-state index contributed by atoms with van der Waals surface area (Å²) in [6.45, 7) is 0.689. The molecule has 18 heavy (non-hydrogen) atoms. The van der Waals surface area contributed by atoms with Gasteiger partial charge in [-0.15, -0.1) is 0 Å². The molecule has 0 bridgehead atoms. The zero-order valence-corrected chi connectivity index (χ0v) is 13.0. The van der Waals surface area contributed by atoms with Crippen LogP contribution in [0.2, 0.25) is 0 Å². The van der Waals surface area contributed by atoms with E-state index in [0.717, 1.165) is 3.57 Å². The minimum Gasteiger partial charge on any atom is -0.507 e. The van der Waals surface area contributed by atoms with Crippen LogP contribution in [0.15, 0.2) is 18.2 Å². The van der Waals surface area contributed by atoms with Crippen LogP contribution in [0.25, 0.3) is 0 Å². The third kappa shape index (κ3) is 3.78. The van der Waals surface area contributed by atoms with Crippen molar-refractivity contribution >= 4 is 40.3 Å². The number of rotatable bonds is 3. The summed E-state index contributed by atoms with van der Waals surface area (Å²) in [5, 5.41) is 13.1. The van der Waals surface area contributed by atoms with Gasteiger partial charge in [-0.1, -0.05) is 6.42 Å². The summed E-state index contributed by atoms with van der Waals surface area (Å²) in [7, 11) is 0. The van der Waals surface area contributed by atoms with Gasteiger partial charge in [0.25, 0.3) is 5.91 Å². The normalized spacial score (nSPS) is 19.5. The predicted molar refractivity (Wildman–Crippen MR) is 83.3 cm³/mol. The Balaban J connectivity index is 1.92. The highest BCUT2D eigenvalue weighted by molar-refractivity contribution is 14.1. The van der Waals surface area contributed by atoms with E-state index in [9.17, 15) is 9.90 Å². The van der Waals surface area contributed by atoms with Gasteiger partial charge in [0, 0.05) is 15.4 Å². The Labute approximate surface area is 125 Å². The molecule has 3 nitrogen and oxygen atoms in total. The first-order valence-corrected chi connectivity index (χ1v) is 8.18. The summed E-state index contributed by atoms with van der Waals surface area (Å²) in [6.07, 6.45) is 3.71. The highest BCUT2D eigenvalue weighted by Gasteiger charge is 2.16. The fourth-order valence-electron chi connectivity index (χ4n) is 1.96. The summed E-state index contributed by atoms with van der Waals surface area (Å²) in [5.41, 5.74) is 0.364. The average Bonchev–Trinajstić information content (AvgIpc) is 2.40. The van der Waals surface area contributed by atoms with E-state index >= 15 is 0 Å². The Morgan fingerprint density at radius 1 is 1.50 bits per heavy atom. The third-order valence-corrected chi connectivity index (χ3v) is 5.04. The number of benzene rings is 1. The van der Waals surface area contributed by atoms with Crippen molar-refractivity contribution in [1.82, 2.24) is 5.32 Å².